The van der Waals surface area contributed by atoms with Crippen LogP contribution in [-0.4, -0.2) is 17.3 Å². The zero-order chi connectivity index (χ0) is 14.0. The van der Waals surface area contributed by atoms with Gasteiger partial charge in [-0.3, -0.25) is 0 Å². The van der Waals surface area contributed by atoms with Gasteiger partial charge in [0.1, 0.15) is 5.75 Å². The summed E-state index contributed by atoms with van der Waals surface area (Å²) in [6, 6.07) is 7.23. The van der Waals surface area contributed by atoms with Gasteiger partial charge in [0.2, 0.25) is 11.7 Å². The number of hydrogen-bond acceptors (Lipinski definition) is 5. The molecule has 2 aromatic rings. The quantitative estimate of drug-likeness (QED) is 0.919. The summed E-state index contributed by atoms with van der Waals surface area (Å²) in [7, 11) is 1.61. The number of nitrogens with zero attached hydrogens (tertiary/aromatic N) is 2. The molecule has 0 radical (unpaired) electrons. The minimum absolute atomic E-state index is 0.134. The Kier molecular flexibility index (Phi) is 3.57. The lowest BCUT2D eigenvalue weighted by Gasteiger charge is -2.23. The molecule has 0 saturated heterocycles. The third-order valence-electron chi connectivity index (χ3n) is 2.99. The van der Waals surface area contributed by atoms with Gasteiger partial charge in [0.05, 0.1) is 18.7 Å². The Morgan fingerprint density at radius 1 is 1.26 bits per heavy atom. The van der Waals surface area contributed by atoms with Crippen LogP contribution in [0.2, 0.25) is 0 Å². The summed E-state index contributed by atoms with van der Waals surface area (Å²) in [4.78, 5) is 4.37. The highest BCUT2D eigenvalue weighted by Gasteiger charge is 2.28. The highest BCUT2D eigenvalue weighted by atomic mass is 16.5. The minimum Gasteiger partial charge on any atom is -0.496 e. The van der Waals surface area contributed by atoms with Gasteiger partial charge in [0.25, 0.3) is 0 Å². The van der Waals surface area contributed by atoms with Crippen LogP contribution in [0.3, 0.4) is 0 Å². The van der Waals surface area contributed by atoms with Crippen LogP contribution in [0.25, 0.3) is 11.4 Å². The van der Waals surface area contributed by atoms with E-state index in [0.29, 0.717) is 17.5 Å². The Morgan fingerprint density at radius 3 is 2.58 bits per heavy atom. The molecule has 1 unspecified atom stereocenters. The van der Waals surface area contributed by atoms with Crippen molar-refractivity contribution < 1.29 is 9.26 Å². The van der Waals surface area contributed by atoms with Crippen molar-refractivity contribution in [1.29, 1.82) is 0 Å². The van der Waals surface area contributed by atoms with Gasteiger partial charge in [-0.1, -0.05) is 38.1 Å². The average molecular weight is 261 g/mol. The van der Waals surface area contributed by atoms with Gasteiger partial charge in [0.15, 0.2) is 0 Å². The van der Waals surface area contributed by atoms with Crippen molar-refractivity contribution in [2.45, 2.75) is 26.8 Å². The summed E-state index contributed by atoms with van der Waals surface area (Å²) >= 11 is 0. The molecule has 1 aromatic carbocycles. The number of aromatic nitrogens is 2. The normalized spacial score (nSPS) is 13.3. The number of rotatable bonds is 3. The minimum atomic E-state index is -0.302. The van der Waals surface area contributed by atoms with Crippen LogP contribution in [0.4, 0.5) is 0 Å². The molecule has 1 heterocycles. The van der Waals surface area contributed by atoms with E-state index in [-0.39, 0.29) is 11.5 Å². The van der Waals surface area contributed by atoms with E-state index in [0.717, 1.165) is 5.56 Å². The van der Waals surface area contributed by atoms with E-state index in [1.165, 1.54) is 0 Å². The Balaban J connectivity index is 2.36. The summed E-state index contributed by atoms with van der Waals surface area (Å²) < 4.78 is 10.5. The first-order valence-electron chi connectivity index (χ1n) is 6.16. The summed E-state index contributed by atoms with van der Waals surface area (Å²) in [6.45, 7) is 6.10. The third-order valence-corrected chi connectivity index (χ3v) is 2.99. The number of benzene rings is 1. The zero-order valence-corrected chi connectivity index (χ0v) is 11.7. The number of para-hydroxylation sites is 1. The van der Waals surface area contributed by atoms with Crippen LogP contribution in [0.5, 0.6) is 5.75 Å². The molecule has 102 valence electrons. The maximum Gasteiger partial charge on any atom is 0.244 e. The fourth-order valence-corrected chi connectivity index (χ4v) is 1.67. The molecule has 5 heteroatoms. The molecule has 0 saturated carbocycles. The molecule has 5 nitrogen and oxygen atoms in total. The predicted molar refractivity (Wildman–Crippen MR) is 72.7 cm³/mol. The number of ether oxygens (including phenoxy) is 1. The maximum atomic E-state index is 6.11. The zero-order valence-electron chi connectivity index (χ0n) is 11.7. The monoisotopic (exact) mass is 261 g/mol. The first-order chi connectivity index (χ1) is 8.93. The number of methoxy groups -OCH3 is 1. The Hall–Kier alpha value is -1.88. The second kappa shape index (κ2) is 5.01. The highest BCUT2D eigenvalue weighted by Crippen LogP contribution is 2.32. The summed E-state index contributed by atoms with van der Waals surface area (Å²) in [5.74, 6) is 1.64. The fraction of sp³-hybridized carbons (Fsp3) is 0.429. The van der Waals surface area contributed by atoms with Gasteiger partial charge in [-0.2, -0.15) is 4.98 Å². The average Bonchev–Trinajstić information content (AvgIpc) is 2.86. The molecule has 19 heavy (non-hydrogen) atoms. The number of nitrogens with two attached hydrogens (primary N) is 1. The van der Waals surface area contributed by atoms with E-state index in [1.807, 2.05) is 45.0 Å². The van der Waals surface area contributed by atoms with Crippen molar-refractivity contribution in [2.24, 2.45) is 11.1 Å². The van der Waals surface area contributed by atoms with Gasteiger partial charge in [0, 0.05) is 0 Å². The molecule has 2 rings (SSSR count). The van der Waals surface area contributed by atoms with E-state index in [9.17, 15) is 0 Å². The van der Waals surface area contributed by atoms with Crippen LogP contribution in [0, 0.1) is 5.41 Å². The van der Waals surface area contributed by atoms with Gasteiger partial charge in [-0.15, -0.1) is 0 Å². The standard InChI is InChI=1S/C14H19N3O2/c1-14(2,3)11(15)13-16-12(17-19-13)9-7-5-6-8-10(9)18-4/h5-8,11H,15H2,1-4H3. The molecule has 1 aromatic heterocycles. The second-order valence-electron chi connectivity index (χ2n) is 5.50. The SMILES string of the molecule is COc1ccccc1-c1noc(C(N)C(C)(C)C)n1. The van der Waals surface area contributed by atoms with Crippen molar-refractivity contribution in [2.75, 3.05) is 7.11 Å². The van der Waals surface area contributed by atoms with Crippen molar-refractivity contribution in [3.05, 3.63) is 30.2 Å². The topological polar surface area (TPSA) is 74.2 Å². The van der Waals surface area contributed by atoms with Crippen molar-refractivity contribution in [1.82, 2.24) is 10.1 Å². The smallest absolute Gasteiger partial charge is 0.244 e. The van der Waals surface area contributed by atoms with Crippen LogP contribution in [0.15, 0.2) is 28.8 Å². The summed E-state index contributed by atoms with van der Waals surface area (Å²) in [5, 5.41) is 3.98. The summed E-state index contributed by atoms with van der Waals surface area (Å²) in [6.07, 6.45) is 0. The van der Waals surface area contributed by atoms with Gasteiger partial charge >= 0.3 is 0 Å². The maximum absolute atomic E-state index is 6.11. The van der Waals surface area contributed by atoms with E-state index in [2.05, 4.69) is 10.1 Å². The number of hydrogen-bond donors (Lipinski definition) is 1. The molecule has 0 bridgehead atoms. The highest BCUT2D eigenvalue weighted by molar-refractivity contribution is 5.63. The van der Waals surface area contributed by atoms with Crippen molar-refractivity contribution in [3.63, 3.8) is 0 Å². The molecule has 0 aliphatic heterocycles. The third kappa shape index (κ3) is 2.76. The second-order valence-corrected chi connectivity index (χ2v) is 5.50. The van der Waals surface area contributed by atoms with Crippen LogP contribution in [0.1, 0.15) is 32.7 Å². The van der Waals surface area contributed by atoms with E-state index in [4.69, 9.17) is 15.0 Å². The van der Waals surface area contributed by atoms with Gasteiger partial charge in [-0.05, 0) is 17.5 Å². The molecule has 2 N–H and O–H groups in total. The Labute approximate surface area is 112 Å². The van der Waals surface area contributed by atoms with Gasteiger partial charge < -0.3 is 15.0 Å². The van der Waals surface area contributed by atoms with E-state index >= 15 is 0 Å². The lowest BCUT2D eigenvalue weighted by molar-refractivity contribution is 0.253. The Bertz CT molecular complexity index is 558. The molecule has 0 spiro atoms. The van der Waals surface area contributed by atoms with Gasteiger partial charge in [-0.25, -0.2) is 0 Å². The van der Waals surface area contributed by atoms with E-state index in [1.54, 1.807) is 7.11 Å². The Morgan fingerprint density at radius 2 is 1.95 bits per heavy atom. The summed E-state index contributed by atoms with van der Waals surface area (Å²) in [5.41, 5.74) is 6.76. The van der Waals surface area contributed by atoms with E-state index < -0.39 is 0 Å². The van der Waals surface area contributed by atoms with Crippen molar-refractivity contribution in [3.8, 4) is 17.1 Å². The molecular formula is C14H19N3O2. The first kappa shape index (κ1) is 13.5. The lowest BCUT2D eigenvalue weighted by Crippen LogP contribution is -2.26. The largest absolute Gasteiger partial charge is 0.496 e. The lowest BCUT2D eigenvalue weighted by atomic mass is 9.87. The van der Waals surface area contributed by atoms with Crippen molar-refractivity contribution >= 4 is 0 Å². The van der Waals surface area contributed by atoms with Crippen LogP contribution >= 0.6 is 0 Å². The predicted octanol–water partition coefficient (Wildman–Crippen LogP) is 2.79. The molecule has 0 aliphatic carbocycles. The molecular weight excluding hydrogens is 242 g/mol. The molecule has 0 fully saturated rings. The van der Waals surface area contributed by atoms with Crippen LogP contribution in [-0.2, 0) is 0 Å². The first-order valence-corrected chi connectivity index (χ1v) is 6.16. The molecule has 0 amide bonds. The molecule has 1 atom stereocenters. The van der Waals surface area contributed by atoms with Crippen LogP contribution < -0.4 is 10.5 Å². The fourth-order valence-electron chi connectivity index (χ4n) is 1.67. The molecule has 0 aliphatic rings.